The largest absolute Gasteiger partial charge is 0.458 e. The van der Waals surface area contributed by atoms with Crippen LogP contribution in [0.25, 0.3) is 22.3 Å². The number of benzene rings is 1. The van der Waals surface area contributed by atoms with Gasteiger partial charge >= 0.3 is 5.97 Å². The minimum absolute atomic E-state index is 0.100. The second-order valence-corrected chi connectivity index (χ2v) is 7.99. The summed E-state index contributed by atoms with van der Waals surface area (Å²) in [4.78, 5) is 41.8. The number of carbonyl (C=O) groups excluding carboxylic acids is 2. The summed E-state index contributed by atoms with van der Waals surface area (Å²) in [5.41, 5.74) is 8.67. The van der Waals surface area contributed by atoms with Gasteiger partial charge in [0.15, 0.2) is 17.6 Å². The van der Waals surface area contributed by atoms with E-state index < -0.39 is 12.1 Å². The van der Waals surface area contributed by atoms with Crippen LogP contribution < -0.4 is 26.1 Å². The minimum atomic E-state index is -1.53. The molecule has 0 radical (unpaired) electrons. The highest BCUT2D eigenvalue weighted by Gasteiger charge is 2.35. The van der Waals surface area contributed by atoms with Gasteiger partial charge < -0.3 is 34.9 Å². The lowest BCUT2D eigenvalue weighted by Crippen LogP contribution is -2.32. The molecule has 0 saturated heterocycles. The number of carbonyl (C=O) groups is 2. The lowest BCUT2D eigenvalue weighted by Gasteiger charge is -2.21. The van der Waals surface area contributed by atoms with Crippen molar-refractivity contribution in [3.63, 3.8) is 0 Å². The maximum absolute atomic E-state index is 13.2. The first-order valence-electron chi connectivity index (χ1n) is 11.3. The summed E-state index contributed by atoms with van der Waals surface area (Å²) in [7, 11) is 0. The van der Waals surface area contributed by atoms with Crippen LogP contribution in [0.5, 0.6) is 11.5 Å². The Kier molecular flexibility index (Phi) is 5.65. The Morgan fingerprint density at radius 2 is 1.91 bits per heavy atom. The molecule has 3 aliphatic rings. The molecule has 1 atom stereocenters. The van der Waals surface area contributed by atoms with Gasteiger partial charge in [-0.2, -0.15) is 0 Å². The molecule has 1 unspecified atom stereocenters. The summed E-state index contributed by atoms with van der Waals surface area (Å²) >= 11 is 0. The van der Waals surface area contributed by atoms with Crippen molar-refractivity contribution in [2.24, 2.45) is 5.73 Å². The van der Waals surface area contributed by atoms with Crippen molar-refractivity contribution < 1.29 is 28.9 Å². The highest BCUT2D eigenvalue weighted by atomic mass is 16.7. The van der Waals surface area contributed by atoms with Gasteiger partial charge in [0.2, 0.25) is 12.7 Å². The number of aliphatic hydroxyl groups excluding tert-OH is 1. The van der Waals surface area contributed by atoms with Crippen molar-refractivity contribution in [1.82, 2.24) is 14.9 Å². The number of fused-ring (bicyclic) bond motifs is 6. The number of hydrogen-bond acceptors (Lipinski definition) is 9. The molecule has 0 bridgehead atoms. The number of pyridine rings is 2. The summed E-state index contributed by atoms with van der Waals surface area (Å²) in [5.74, 6) is -0.00529. The van der Waals surface area contributed by atoms with Crippen LogP contribution >= 0.6 is 0 Å². The molecule has 1 amide bonds. The number of nitrogens with zero attached hydrogens (tertiary/aromatic N) is 2. The van der Waals surface area contributed by atoms with Crippen LogP contribution in [0.3, 0.4) is 0 Å². The Balaban J connectivity index is 0.00000124. The van der Waals surface area contributed by atoms with E-state index >= 15 is 0 Å². The van der Waals surface area contributed by atoms with E-state index in [2.05, 4.69) is 5.32 Å². The Morgan fingerprint density at radius 3 is 2.66 bits per heavy atom. The number of hydrogen-bond donors (Lipinski definition) is 3. The van der Waals surface area contributed by atoms with E-state index in [-0.39, 0.29) is 55.6 Å². The molecule has 182 valence electrons. The lowest BCUT2D eigenvalue weighted by molar-refractivity contribution is -0.157. The molecule has 5 heterocycles. The molecular weight excluding hydrogens is 456 g/mol. The SMILES string of the molecule is CC.NCC(=O)NCc1c2c(nc3cc4c(cc13)OCO4)-c1cc3c(c(=O)n1C2)COC(=O)C3O. The first-order chi connectivity index (χ1) is 17.0. The molecule has 0 spiro atoms. The summed E-state index contributed by atoms with van der Waals surface area (Å²) in [6, 6.07) is 5.17. The molecule has 6 rings (SSSR count). The van der Waals surface area contributed by atoms with E-state index in [1.165, 1.54) is 4.57 Å². The highest BCUT2D eigenvalue weighted by molar-refractivity contribution is 5.91. The first-order valence-corrected chi connectivity index (χ1v) is 11.3. The van der Waals surface area contributed by atoms with Crippen molar-refractivity contribution in [2.75, 3.05) is 13.3 Å². The Morgan fingerprint density at radius 1 is 1.17 bits per heavy atom. The van der Waals surface area contributed by atoms with Crippen molar-refractivity contribution in [2.45, 2.75) is 39.6 Å². The van der Waals surface area contributed by atoms with Gasteiger partial charge in [-0.3, -0.25) is 9.59 Å². The predicted octanol–water partition coefficient (Wildman–Crippen LogP) is 0.845. The number of ether oxygens (including phenoxy) is 3. The molecule has 3 aromatic rings. The number of aromatic nitrogens is 2. The van der Waals surface area contributed by atoms with Crippen molar-refractivity contribution in [3.8, 4) is 22.9 Å². The van der Waals surface area contributed by atoms with Crippen LogP contribution in [0.4, 0.5) is 0 Å². The molecule has 11 nitrogen and oxygen atoms in total. The molecule has 0 fully saturated rings. The van der Waals surface area contributed by atoms with Gasteiger partial charge in [0.1, 0.15) is 6.61 Å². The normalized spacial score (nSPS) is 16.6. The zero-order valence-electron chi connectivity index (χ0n) is 19.2. The van der Waals surface area contributed by atoms with Crippen LogP contribution in [0.1, 0.15) is 42.2 Å². The summed E-state index contributed by atoms with van der Waals surface area (Å²) < 4.78 is 17.5. The van der Waals surface area contributed by atoms with Gasteiger partial charge in [0, 0.05) is 29.1 Å². The van der Waals surface area contributed by atoms with Crippen LogP contribution in [0, 0.1) is 0 Å². The molecule has 0 aliphatic carbocycles. The molecule has 35 heavy (non-hydrogen) atoms. The Labute approximate surface area is 199 Å². The van der Waals surface area contributed by atoms with Gasteiger partial charge in [-0.15, -0.1) is 0 Å². The number of nitrogens with two attached hydrogens (primary N) is 1. The maximum atomic E-state index is 13.2. The molecule has 11 heteroatoms. The average Bonchev–Trinajstić information content (AvgIpc) is 3.48. The van der Waals surface area contributed by atoms with E-state index in [0.29, 0.717) is 28.4 Å². The quantitative estimate of drug-likeness (QED) is 0.362. The lowest BCUT2D eigenvalue weighted by atomic mass is 9.98. The molecule has 2 aromatic heterocycles. The highest BCUT2D eigenvalue weighted by Crippen LogP contribution is 2.42. The fourth-order valence-corrected chi connectivity index (χ4v) is 4.56. The summed E-state index contributed by atoms with van der Waals surface area (Å²) in [6.45, 7) is 4.13. The summed E-state index contributed by atoms with van der Waals surface area (Å²) in [6.07, 6.45) is -1.53. The molecule has 3 aliphatic heterocycles. The number of cyclic esters (lactones) is 1. The monoisotopic (exact) mass is 480 g/mol. The fourth-order valence-electron chi connectivity index (χ4n) is 4.56. The third kappa shape index (κ3) is 3.51. The van der Waals surface area contributed by atoms with E-state index in [0.717, 1.165) is 16.5 Å². The van der Waals surface area contributed by atoms with Crippen LogP contribution in [0.15, 0.2) is 23.0 Å². The van der Waals surface area contributed by atoms with Crippen LogP contribution in [0.2, 0.25) is 0 Å². The van der Waals surface area contributed by atoms with E-state index in [1.54, 1.807) is 12.1 Å². The average molecular weight is 480 g/mol. The summed E-state index contributed by atoms with van der Waals surface area (Å²) in [5, 5.41) is 13.8. The topological polar surface area (TPSA) is 155 Å². The van der Waals surface area contributed by atoms with E-state index in [4.69, 9.17) is 24.9 Å². The Bertz CT molecular complexity index is 1450. The Hall–Kier alpha value is -3.96. The maximum Gasteiger partial charge on any atom is 0.340 e. The third-order valence-corrected chi connectivity index (χ3v) is 6.22. The predicted molar refractivity (Wildman–Crippen MR) is 124 cm³/mol. The standard InChI is InChI=1S/C22H18N4O7.C2H6/c23-4-18(27)24-5-11-9-2-16-17(33-8-32-16)3-14(9)25-19-12(11)6-26-15(19)1-10-13(21(26)29)7-31-22(30)20(10)28;1-2/h1-3,20,28H,4-8,23H2,(H,24,27);1-2H3. The molecule has 1 aromatic carbocycles. The number of aliphatic hydroxyl groups is 1. The molecule has 0 saturated carbocycles. The van der Waals surface area contributed by atoms with Crippen molar-refractivity contribution >= 4 is 22.8 Å². The number of rotatable bonds is 3. The van der Waals surface area contributed by atoms with Crippen molar-refractivity contribution in [1.29, 1.82) is 0 Å². The van der Waals surface area contributed by atoms with Gasteiger partial charge in [-0.25, -0.2) is 9.78 Å². The minimum Gasteiger partial charge on any atom is -0.458 e. The smallest absolute Gasteiger partial charge is 0.340 e. The first kappa shape index (κ1) is 22.8. The number of esters is 1. The zero-order valence-corrected chi connectivity index (χ0v) is 19.2. The second-order valence-electron chi connectivity index (χ2n) is 7.99. The van der Waals surface area contributed by atoms with Gasteiger partial charge in [0.25, 0.3) is 5.56 Å². The van der Waals surface area contributed by atoms with Crippen LogP contribution in [-0.4, -0.2) is 39.9 Å². The van der Waals surface area contributed by atoms with Gasteiger partial charge in [-0.1, -0.05) is 13.8 Å². The van der Waals surface area contributed by atoms with Gasteiger partial charge in [0.05, 0.1) is 35.6 Å². The number of amides is 1. The van der Waals surface area contributed by atoms with Crippen LogP contribution in [-0.2, 0) is 34.0 Å². The van der Waals surface area contributed by atoms with E-state index in [9.17, 15) is 19.5 Å². The number of nitrogens with one attached hydrogen (secondary N) is 1. The van der Waals surface area contributed by atoms with Crippen molar-refractivity contribution in [3.05, 3.63) is 50.8 Å². The van der Waals surface area contributed by atoms with Gasteiger partial charge in [-0.05, 0) is 17.7 Å². The van der Waals surface area contributed by atoms with E-state index in [1.807, 2.05) is 19.9 Å². The molecular formula is C24H24N4O7. The zero-order chi connectivity index (χ0) is 24.9. The molecule has 4 N–H and O–H groups in total. The second kappa shape index (κ2) is 8.67. The third-order valence-electron chi connectivity index (χ3n) is 6.22. The fraction of sp³-hybridized carbons (Fsp3) is 0.333.